The van der Waals surface area contributed by atoms with Crippen molar-refractivity contribution < 1.29 is 24.2 Å². The Kier molecular flexibility index (Phi) is 6.84. The molecule has 2 N–H and O–H groups in total. The molecule has 0 saturated heterocycles. The van der Waals surface area contributed by atoms with Crippen LogP contribution < -0.4 is 5.43 Å². The van der Waals surface area contributed by atoms with Gasteiger partial charge in [-0.3, -0.25) is 9.59 Å². The van der Waals surface area contributed by atoms with E-state index in [0.29, 0.717) is 11.3 Å². The molecule has 0 spiro atoms. The molecule has 0 aliphatic carbocycles. The number of carboxylic acids is 1. The van der Waals surface area contributed by atoms with E-state index in [2.05, 4.69) is 10.5 Å². The lowest BCUT2D eigenvalue weighted by Crippen LogP contribution is -2.22. The van der Waals surface area contributed by atoms with Gasteiger partial charge in [0, 0.05) is 6.42 Å². The molecule has 0 radical (unpaired) electrons. The van der Waals surface area contributed by atoms with Crippen molar-refractivity contribution in [2.24, 2.45) is 5.10 Å². The van der Waals surface area contributed by atoms with E-state index in [9.17, 15) is 14.4 Å². The summed E-state index contributed by atoms with van der Waals surface area (Å²) in [7, 11) is 0. The van der Waals surface area contributed by atoms with Crippen molar-refractivity contribution in [3.63, 3.8) is 0 Å². The third-order valence-corrected chi connectivity index (χ3v) is 3.62. The topological polar surface area (TPSA) is 105 Å². The molecule has 0 unspecified atom stereocenters. The maximum absolute atomic E-state index is 12.1. The summed E-state index contributed by atoms with van der Waals surface area (Å²) in [4.78, 5) is 34.2. The van der Waals surface area contributed by atoms with Crippen LogP contribution in [0.1, 0.15) is 31.7 Å². The maximum Gasteiger partial charge on any atom is 0.427 e. The van der Waals surface area contributed by atoms with Crippen molar-refractivity contribution >= 4 is 34.3 Å². The van der Waals surface area contributed by atoms with Crippen molar-refractivity contribution in [2.45, 2.75) is 26.2 Å². The average Bonchev–Trinajstić information content (AvgIpc) is 2.63. The van der Waals surface area contributed by atoms with Crippen LogP contribution in [0.15, 0.2) is 47.6 Å². The highest BCUT2D eigenvalue weighted by Gasteiger charge is 2.13. The zero-order valence-corrected chi connectivity index (χ0v) is 14.4. The monoisotopic (exact) mass is 356 g/mol. The summed E-state index contributed by atoms with van der Waals surface area (Å²) in [5.74, 6) is -1.31. The van der Waals surface area contributed by atoms with Crippen molar-refractivity contribution in [2.75, 3.05) is 6.61 Å². The van der Waals surface area contributed by atoms with Gasteiger partial charge in [0.15, 0.2) is 0 Å². The zero-order chi connectivity index (χ0) is 18.9. The van der Waals surface area contributed by atoms with Crippen LogP contribution in [0, 0.1) is 0 Å². The minimum absolute atomic E-state index is 0.0853. The number of carboxylic acid groups (broad SMARTS) is 1. The Labute approximate surface area is 150 Å². The van der Waals surface area contributed by atoms with Gasteiger partial charge >= 0.3 is 12.1 Å². The molecule has 2 aromatic carbocycles. The van der Waals surface area contributed by atoms with E-state index in [0.717, 1.165) is 10.8 Å². The smallest absolute Gasteiger partial charge is 0.427 e. The fourth-order valence-electron chi connectivity index (χ4n) is 2.37. The Morgan fingerprint density at radius 3 is 2.50 bits per heavy atom. The number of fused-ring (bicyclic) bond motifs is 1. The molecule has 0 aromatic heterocycles. The standard InChI is InChI=1S/C19H20N2O5/c1-2-26-19(25)21-20-17(12-16(22)9-10-18(23)24)15-8-7-13-5-3-4-6-14(13)11-15/h3-8,11H,2,9-10,12H2,1H3,(H,21,25)(H,23,24)/b20-17+. The van der Waals surface area contributed by atoms with Crippen LogP contribution >= 0.6 is 0 Å². The second-order valence-corrected chi connectivity index (χ2v) is 5.56. The van der Waals surface area contributed by atoms with E-state index in [1.807, 2.05) is 36.4 Å². The zero-order valence-electron chi connectivity index (χ0n) is 14.4. The van der Waals surface area contributed by atoms with Crippen LogP contribution in [0.3, 0.4) is 0 Å². The Morgan fingerprint density at radius 1 is 1.08 bits per heavy atom. The van der Waals surface area contributed by atoms with Crippen molar-refractivity contribution in [1.29, 1.82) is 0 Å². The summed E-state index contributed by atoms with van der Waals surface area (Å²) in [6.07, 6.45) is -1.14. The molecule has 0 aliphatic rings. The Hall–Kier alpha value is -3.22. The number of nitrogens with one attached hydrogen (secondary N) is 1. The molecule has 7 nitrogen and oxygen atoms in total. The van der Waals surface area contributed by atoms with Gasteiger partial charge in [0.25, 0.3) is 0 Å². The first kappa shape index (κ1) is 19.1. The molecule has 0 aliphatic heterocycles. The number of nitrogens with zero attached hydrogens (tertiary/aromatic N) is 1. The van der Waals surface area contributed by atoms with Crippen molar-refractivity contribution in [3.8, 4) is 0 Å². The number of hydrazone groups is 1. The maximum atomic E-state index is 12.1. The van der Waals surface area contributed by atoms with Gasteiger partial charge in [0.05, 0.1) is 25.2 Å². The highest BCUT2D eigenvalue weighted by atomic mass is 16.5. The molecule has 1 amide bonds. The van der Waals surface area contributed by atoms with Gasteiger partial charge in [-0.25, -0.2) is 10.2 Å². The minimum atomic E-state index is -1.04. The van der Waals surface area contributed by atoms with Crippen LogP contribution in [0.25, 0.3) is 10.8 Å². The minimum Gasteiger partial charge on any atom is -0.481 e. The van der Waals surface area contributed by atoms with Gasteiger partial charge in [-0.1, -0.05) is 36.4 Å². The van der Waals surface area contributed by atoms with Gasteiger partial charge in [-0.15, -0.1) is 0 Å². The molecular weight excluding hydrogens is 336 g/mol. The average molecular weight is 356 g/mol. The van der Waals surface area contributed by atoms with Gasteiger partial charge in [-0.05, 0) is 29.3 Å². The molecule has 2 rings (SSSR count). The number of amides is 1. The molecule has 0 bridgehead atoms. The van der Waals surface area contributed by atoms with Crippen LogP contribution in [-0.4, -0.2) is 35.3 Å². The summed E-state index contributed by atoms with van der Waals surface area (Å²) in [5, 5.41) is 14.7. The van der Waals surface area contributed by atoms with Crippen LogP contribution in [0.5, 0.6) is 0 Å². The summed E-state index contributed by atoms with van der Waals surface area (Å²) in [6, 6.07) is 13.3. The van der Waals surface area contributed by atoms with Gasteiger partial charge < -0.3 is 9.84 Å². The normalized spacial score (nSPS) is 11.2. The fourth-order valence-corrected chi connectivity index (χ4v) is 2.37. The second kappa shape index (κ2) is 9.31. The molecular formula is C19H20N2O5. The van der Waals surface area contributed by atoms with Crippen molar-refractivity contribution in [1.82, 2.24) is 5.43 Å². The fraction of sp³-hybridized carbons (Fsp3) is 0.263. The quantitative estimate of drug-likeness (QED) is 0.558. The summed E-state index contributed by atoms with van der Waals surface area (Å²) in [5.41, 5.74) is 3.28. The third-order valence-electron chi connectivity index (χ3n) is 3.62. The number of rotatable bonds is 8. The number of Topliss-reactive ketones (excluding diaryl/α,β-unsaturated/α-hetero) is 1. The Morgan fingerprint density at radius 2 is 1.81 bits per heavy atom. The summed E-state index contributed by atoms with van der Waals surface area (Å²) < 4.78 is 4.76. The van der Waals surface area contributed by atoms with Gasteiger partial charge in [-0.2, -0.15) is 5.10 Å². The molecule has 136 valence electrons. The number of carbonyl (C=O) groups excluding carboxylic acids is 2. The van der Waals surface area contributed by atoms with E-state index in [1.165, 1.54) is 0 Å². The summed E-state index contributed by atoms with van der Waals surface area (Å²) >= 11 is 0. The van der Waals surface area contributed by atoms with E-state index in [4.69, 9.17) is 9.84 Å². The first-order valence-electron chi connectivity index (χ1n) is 8.21. The molecule has 26 heavy (non-hydrogen) atoms. The highest BCUT2D eigenvalue weighted by molar-refractivity contribution is 6.12. The molecule has 0 saturated carbocycles. The number of ketones is 1. The number of aliphatic carboxylic acids is 1. The van der Waals surface area contributed by atoms with Gasteiger partial charge in [0.2, 0.25) is 0 Å². The van der Waals surface area contributed by atoms with E-state index in [1.54, 1.807) is 13.0 Å². The number of hydrogen-bond donors (Lipinski definition) is 2. The molecule has 7 heteroatoms. The van der Waals surface area contributed by atoms with Crippen LogP contribution in [0.4, 0.5) is 4.79 Å². The third kappa shape index (κ3) is 5.70. The SMILES string of the molecule is CCOC(=O)N/N=C(\CC(=O)CCC(=O)O)c1ccc2ccccc2c1. The first-order chi connectivity index (χ1) is 12.5. The first-order valence-corrected chi connectivity index (χ1v) is 8.21. The van der Waals surface area contributed by atoms with Crippen molar-refractivity contribution in [3.05, 3.63) is 48.0 Å². The lowest BCUT2D eigenvalue weighted by molar-refractivity contribution is -0.138. The van der Waals surface area contributed by atoms with Gasteiger partial charge in [0.1, 0.15) is 5.78 Å². The molecule has 2 aromatic rings. The number of carbonyl (C=O) groups is 3. The molecule has 0 atom stereocenters. The lowest BCUT2D eigenvalue weighted by atomic mass is 10.00. The van der Waals surface area contributed by atoms with E-state index < -0.39 is 12.1 Å². The van der Waals surface area contributed by atoms with E-state index >= 15 is 0 Å². The molecule has 0 fully saturated rings. The number of benzene rings is 2. The predicted molar refractivity (Wildman–Crippen MR) is 97.1 cm³/mol. The largest absolute Gasteiger partial charge is 0.481 e. The highest BCUT2D eigenvalue weighted by Crippen LogP contribution is 2.17. The summed E-state index contributed by atoms with van der Waals surface area (Å²) in [6.45, 7) is 1.87. The van der Waals surface area contributed by atoms with Crippen LogP contribution in [0.2, 0.25) is 0 Å². The lowest BCUT2D eigenvalue weighted by Gasteiger charge is -2.08. The number of hydrogen-bond acceptors (Lipinski definition) is 5. The predicted octanol–water partition coefficient (Wildman–Crippen LogP) is 3.11. The van der Waals surface area contributed by atoms with Crippen LogP contribution in [-0.2, 0) is 14.3 Å². The molecule has 0 heterocycles. The Balaban J connectivity index is 2.25. The second-order valence-electron chi connectivity index (χ2n) is 5.56. The number of ether oxygens (including phenoxy) is 1. The Bertz CT molecular complexity index is 845. The van der Waals surface area contributed by atoms with E-state index in [-0.39, 0.29) is 31.7 Å².